The van der Waals surface area contributed by atoms with Crippen molar-refractivity contribution < 1.29 is 32.7 Å². The molecule has 1 rings (SSSR count). The summed E-state index contributed by atoms with van der Waals surface area (Å²) >= 11 is 0. The predicted octanol–water partition coefficient (Wildman–Crippen LogP) is 2.28. The van der Waals surface area contributed by atoms with Gasteiger partial charge in [-0.25, -0.2) is 4.79 Å². The maximum Gasteiger partial charge on any atom is 0.411 e. The minimum atomic E-state index is -4.47. The Balaban J connectivity index is 2.73. The summed E-state index contributed by atoms with van der Waals surface area (Å²) < 4.78 is 39.8. The molecule has 0 radical (unpaired) electrons. The summed E-state index contributed by atoms with van der Waals surface area (Å²) in [6, 6.07) is 3.44. The largest absolute Gasteiger partial charge is 0.478 e. The fraction of sp³-hybridized carbons (Fsp3) is 0.364. The van der Waals surface area contributed by atoms with Crippen LogP contribution in [0.1, 0.15) is 10.4 Å². The van der Waals surface area contributed by atoms with E-state index in [1.54, 1.807) is 0 Å². The van der Waals surface area contributed by atoms with E-state index in [0.29, 0.717) is 0 Å². The molecule has 0 heterocycles. The van der Waals surface area contributed by atoms with Crippen LogP contribution in [-0.2, 0) is 4.74 Å². The predicted molar refractivity (Wildman–Crippen MR) is 65.4 cm³/mol. The average molecular weight is 308 g/mol. The Morgan fingerprint density at radius 2 is 2.10 bits per heavy atom. The molecule has 7 nitrogen and oxygen atoms in total. The minimum Gasteiger partial charge on any atom is -0.478 e. The second-order valence-electron chi connectivity index (χ2n) is 3.86. The van der Waals surface area contributed by atoms with Crippen molar-refractivity contribution in [2.75, 3.05) is 25.1 Å². The number of rotatable bonds is 7. The number of alkyl halides is 3. The molecule has 0 spiro atoms. The lowest BCUT2D eigenvalue weighted by Gasteiger charge is -2.11. The third-order valence-electron chi connectivity index (χ3n) is 2.28. The van der Waals surface area contributed by atoms with E-state index in [2.05, 4.69) is 10.1 Å². The first-order chi connectivity index (χ1) is 9.72. The number of aromatic carboxylic acids is 1. The van der Waals surface area contributed by atoms with Gasteiger partial charge in [-0.3, -0.25) is 10.1 Å². The quantitative estimate of drug-likeness (QED) is 0.455. The molecule has 0 amide bonds. The fourth-order valence-corrected chi connectivity index (χ4v) is 1.49. The molecule has 0 unspecified atom stereocenters. The van der Waals surface area contributed by atoms with Gasteiger partial charge in [0.05, 0.1) is 17.1 Å². The van der Waals surface area contributed by atoms with Crippen molar-refractivity contribution in [1.29, 1.82) is 0 Å². The Morgan fingerprint density at radius 1 is 1.43 bits per heavy atom. The Labute approximate surface area is 116 Å². The molecule has 116 valence electrons. The van der Waals surface area contributed by atoms with Crippen molar-refractivity contribution in [1.82, 2.24) is 0 Å². The lowest BCUT2D eigenvalue weighted by Crippen LogP contribution is -2.20. The van der Waals surface area contributed by atoms with E-state index in [1.807, 2.05) is 0 Å². The fourth-order valence-electron chi connectivity index (χ4n) is 1.49. The molecule has 0 aliphatic rings. The highest BCUT2D eigenvalue weighted by Gasteiger charge is 2.27. The number of ether oxygens (including phenoxy) is 1. The van der Waals surface area contributed by atoms with Gasteiger partial charge < -0.3 is 15.2 Å². The SMILES string of the molecule is O=C(O)c1cccc([N+](=O)[O-])c1NCCOCC(F)(F)F. The van der Waals surface area contributed by atoms with Crippen LogP contribution in [0.25, 0.3) is 0 Å². The number of halogens is 3. The third kappa shape index (κ3) is 5.26. The lowest BCUT2D eigenvalue weighted by molar-refractivity contribution is -0.384. The summed E-state index contributed by atoms with van der Waals surface area (Å²) in [4.78, 5) is 21.0. The van der Waals surface area contributed by atoms with Crippen LogP contribution in [0.3, 0.4) is 0 Å². The molecule has 21 heavy (non-hydrogen) atoms. The van der Waals surface area contributed by atoms with Crippen LogP contribution in [0, 0.1) is 10.1 Å². The highest BCUT2D eigenvalue weighted by Crippen LogP contribution is 2.28. The van der Waals surface area contributed by atoms with Crippen molar-refractivity contribution in [3.8, 4) is 0 Å². The van der Waals surface area contributed by atoms with Crippen molar-refractivity contribution in [2.45, 2.75) is 6.18 Å². The van der Waals surface area contributed by atoms with E-state index in [9.17, 15) is 28.1 Å². The summed E-state index contributed by atoms with van der Waals surface area (Å²) in [7, 11) is 0. The van der Waals surface area contributed by atoms with E-state index in [0.717, 1.165) is 12.1 Å². The average Bonchev–Trinajstić information content (AvgIpc) is 2.36. The summed E-state index contributed by atoms with van der Waals surface area (Å²) in [5.41, 5.74) is -1.10. The Hall–Kier alpha value is -2.36. The molecule has 10 heteroatoms. The normalized spacial score (nSPS) is 11.2. The summed E-state index contributed by atoms with van der Waals surface area (Å²) in [6.45, 7) is -2.04. The molecule has 0 atom stereocenters. The number of nitro groups is 1. The van der Waals surface area contributed by atoms with Gasteiger partial charge in [0.2, 0.25) is 0 Å². The van der Waals surface area contributed by atoms with Crippen molar-refractivity contribution in [2.24, 2.45) is 0 Å². The number of nitro benzene ring substituents is 1. The molecule has 0 fully saturated rings. The molecule has 1 aromatic rings. The first-order valence-electron chi connectivity index (χ1n) is 5.61. The maximum absolute atomic E-state index is 11.8. The van der Waals surface area contributed by atoms with Gasteiger partial charge >= 0.3 is 12.1 Å². The number of para-hydroxylation sites is 1. The first kappa shape index (κ1) is 16.7. The molecular formula is C11H11F3N2O5. The molecular weight excluding hydrogens is 297 g/mol. The number of carbonyl (C=O) groups is 1. The summed E-state index contributed by atoms with van der Waals surface area (Å²) in [6.07, 6.45) is -4.47. The summed E-state index contributed by atoms with van der Waals surface area (Å²) in [5.74, 6) is -1.39. The number of benzene rings is 1. The van der Waals surface area contributed by atoms with Gasteiger partial charge in [-0.15, -0.1) is 0 Å². The van der Waals surface area contributed by atoms with E-state index >= 15 is 0 Å². The monoisotopic (exact) mass is 308 g/mol. The first-order valence-corrected chi connectivity index (χ1v) is 5.61. The van der Waals surface area contributed by atoms with Gasteiger partial charge in [-0.05, 0) is 6.07 Å². The van der Waals surface area contributed by atoms with Crippen molar-refractivity contribution >= 4 is 17.3 Å². The van der Waals surface area contributed by atoms with Crippen LogP contribution in [0.2, 0.25) is 0 Å². The second kappa shape index (κ2) is 6.88. The Bertz CT molecular complexity index is 501. The van der Waals surface area contributed by atoms with E-state index < -0.39 is 29.4 Å². The zero-order valence-corrected chi connectivity index (χ0v) is 10.5. The van der Waals surface area contributed by atoms with Gasteiger partial charge in [0, 0.05) is 12.6 Å². The van der Waals surface area contributed by atoms with Gasteiger partial charge in [0.1, 0.15) is 12.3 Å². The van der Waals surface area contributed by atoms with Gasteiger partial charge in [-0.1, -0.05) is 6.07 Å². The number of hydrogen-bond acceptors (Lipinski definition) is 5. The standard InChI is InChI=1S/C11H11F3N2O5/c12-11(13,14)6-21-5-4-15-9-7(10(17)18)2-1-3-8(9)16(19)20/h1-3,15H,4-6H2,(H,17,18). The lowest BCUT2D eigenvalue weighted by atomic mass is 10.1. The van der Waals surface area contributed by atoms with Gasteiger partial charge in [-0.2, -0.15) is 13.2 Å². The maximum atomic E-state index is 11.8. The third-order valence-corrected chi connectivity index (χ3v) is 2.28. The number of hydrogen-bond donors (Lipinski definition) is 2. The molecule has 0 aliphatic carbocycles. The van der Waals surface area contributed by atoms with Crippen LogP contribution < -0.4 is 5.32 Å². The number of anilines is 1. The zero-order valence-electron chi connectivity index (χ0n) is 10.5. The molecule has 0 bridgehead atoms. The molecule has 0 aromatic heterocycles. The van der Waals surface area contributed by atoms with E-state index in [1.165, 1.54) is 6.07 Å². The van der Waals surface area contributed by atoms with E-state index in [4.69, 9.17) is 5.11 Å². The number of nitrogens with one attached hydrogen (secondary N) is 1. The van der Waals surface area contributed by atoms with Crippen LogP contribution in [0.4, 0.5) is 24.5 Å². The molecule has 0 saturated carbocycles. The zero-order chi connectivity index (χ0) is 16.0. The number of carboxylic acids is 1. The van der Waals surface area contributed by atoms with Crippen LogP contribution in [-0.4, -0.2) is 41.9 Å². The molecule has 2 N–H and O–H groups in total. The minimum absolute atomic E-state index is 0.207. The van der Waals surface area contributed by atoms with Crippen LogP contribution >= 0.6 is 0 Å². The number of nitrogens with zero attached hydrogens (tertiary/aromatic N) is 1. The smallest absolute Gasteiger partial charge is 0.411 e. The summed E-state index contributed by atoms with van der Waals surface area (Å²) in [5, 5.41) is 22.2. The Morgan fingerprint density at radius 3 is 2.62 bits per heavy atom. The Kier molecular flexibility index (Phi) is 5.47. The number of carboxylic acid groups (broad SMARTS) is 1. The molecule has 0 aliphatic heterocycles. The van der Waals surface area contributed by atoms with Crippen molar-refractivity contribution in [3.63, 3.8) is 0 Å². The second-order valence-corrected chi connectivity index (χ2v) is 3.86. The highest BCUT2D eigenvalue weighted by molar-refractivity contribution is 5.96. The highest BCUT2D eigenvalue weighted by atomic mass is 19.4. The van der Waals surface area contributed by atoms with Crippen molar-refractivity contribution in [3.05, 3.63) is 33.9 Å². The van der Waals surface area contributed by atoms with Crippen LogP contribution in [0.15, 0.2) is 18.2 Å². The van der Waals surface area contributed by atoms with Gasteiger partial charge in [0.25, 0.3) is 5.69 Å². The van der Waals surface area contributed by atoms with Gasteiger partial charge in [0.15, 0.2) is 0 Å². The topological polar surface area (TPSA) is 102 Å². The molecule has 1 aromatic carbocycles. The van der Waals surface area contributed by atoms with Crippen LogP contribution in [0.5, 0.6) is 0 Å². The molecule has 0 saturated heterocycles. The van der Waals surface area contributed by atoms with E-state index in [-0.39, 0.29) is 24.4 Å².